The molecule has 15 heteroatoms. The van der Waals surface area contributed by atoms with Crippen molar-refractivity contribution >= 4 is 0 Å². The van der Waals surface area contributed by atoms with Gasteiger partial charge in [-0.2, -0.15) is 0 Å². The molecule has 1 N–H and O–H groups in total. The number of hydrogen-bond donors (Lipinski definition) is 1. The van der Waals surface area contributed by atoms with Crippen molar-refractivity contribution in [1.82, 2.24) is 0 Å². The van der Waals surface area contributed by atoms with Gasteiger partial charge >= 0.3 is 0 Å². The lowest BCUT2D eigenvalue weighted by molar-refractivity contribution is -0.584. The number of rotatable bonds is 37. The molecule has 1 unspecified atom stereocenters. The number of aromatic hydroxyl groups is 1. The van der Waals surface area contributed by atoms with Crippen molar-refractivity contribution in [2.24, 2.45) is 0 Å². The topological polar surface area (TPSA) is 149 Å². The molecule has 0 aliphatic carbocycles. The molecule has 58 heavy (non-hydrogen) atoms. The van der Waals surface area contributed by atoms with Gasteiger partial charge < -0.3 is 71.4 Å². The summed E-state index contributed by atoms with van der Waals surface area (Å²) in [5, 5.41) is 11.8. The minimum absolute atomic E-state index is 0.00350. The molecule has 0 saturated heterocycles. The SMILES string of the molecule is CCOC(CCC(OCC)(OCC)OCC)C(OCC)(OCC)C(OCC)(OCC)C(OCC)(OCC)C(OCC)(OCC)C(OCC)(OCC)c1ccccc1O. The minimum atomic E-state index is -2.43. The smallest absolute Gasteiger partial charge is 0.292 e. The van der Waals surface area contributed by atoms with E-state index in [0.29, 0.717) is 19.8 Å². The lowest BCUT2D eigenvalue weighted by Gasteiger charge is -2.64. The van der Waals surface area contributed by atoms with Crippen molar-refractivity contribution in [3.63, 3.8) is 0 Å². The summed E-state index contributed by atoms with van der Waals surface area (Å²) >= 11 is 0. The largest absolute Gasteiger partial charge is 0.507 e. The zero-order valence-corrected chi connectivity index (χ0v) is 38.4. The Hall–Kier alpha value is -1.54. The molecule has 0 heterocycles. The summed E-state index contributed by atoms with van der Waals surface area (Å²) in [6, 6.07) is 6.66. The maximum atomic E-state index is 11.8. The molecule has 342 valence electrons. The van der Waals surface area contributed by atoms with E-state index < -0.39 is 41.0 Å². The lowest BCUT2D eigenvalue weighted by atomic mass is 9.77. The molecule has 1 atom stereocenters. The van der Waals surface area contributed by atoms with Gasteiger partial charge in [0.05, 0.1) is 5.56 Å². The molecule has 1 rings (SSSR count). The molecule has 0 bridgehead atoms. The van der Waals surface area contributed by atoms with Crippen LogP contribution in [-0.2, 0) is 72.1 Å². The predicted octanol–water partition coefficient (Wildman–Crippen LogP) is 7.64. The summed E-state index contributed by atoms with van der Waals surface area (Å²) in [5.74, 6) is -13.0. The Bertz CT molecular complexity index is 1150. The van der Waals surface area contributed by atoms with Crippen molar-refractivity contribution < 1.29 is 71.4 Å². The maximum absolute atomic E-state index is 11.8. The summed E-state index contributed by atoms with van der Waals surface area (Å²) in [6.07, 6.45) is -0.722. The fourth-order valence-electron chi connectivity index (χ4n) is 7.83. The molecule has 0 radical (unpaired) electrons. The Morgan fingerprint density at radius 1 is 0.414 bits per heavy atom. The van der Waals surface area contributed by atoms with Crippen LogP contribution in [-0.4, -0.2) is 133 Å². The highest BCUT2D eigenvalue weighted by molar-refractivity contribution is 5.39. The van der Waals surface area contributed by atoms with Gasteiger partial charge in [-0.1, -0.05) is 12.1 Å². The van der Waals surface area contributed by atoms with E-state index in [9.17, 15) is 5.11 Å². The van der Waals surface area contributed by atoms with Gasteiger partial charge in [-0.25, -0.2) is 0 Å². The molecule has 0 aliphatic rings. The molecule has 0 saturated carbocycles. The molecule has 0 aromatic heterocycles. The second kappa shape index (κ2) is 27.4. The van der Waals surface area contributed by atoms with E-state index in [-0.39, 0.29) is 96.8 Å². The zero-order valence-electron chi connectivity index (χ0n) is 38.4. The summed E-state index contributed by atoms with van der Waals surface area (Å²) in [4.78, 5) is 0. The maximum Gasteiger partial charge on any atom is 0.292 e. The Kier molecular flexibility index (Phi) is 25.7. The van der Waals surface area contributed by atoms with Crippen molar-refractivity contribution in [3.8, 4) is 5.75 Å². The summed E-state index contributed by atoms with van der Waals surface area (Å²) in [5.41, 5.74) is 0.168. The van der Waals surface area contributed by atoms with Crippen LogP contribution in [0.3, 0.4) is 0 Å². The van der Waals surface area contributed by atoms with Crippen LogP contribution in [0.4, 0.5) is 0 Å². The highest BCUT2D eigenvalue weighted by Crippen LogP contribution is 2.60. The van der Waals surface area contributed by atoms with Crippen LogP contribution < -0.4 is 0 Å². The molecule has 0 fully saturated rings. The predicted molar refractivity (Wildman–Crippen MR) is 219 cm³/mol. The van der Waals surface area contributed by atoms with Crippen molar-refractivity contribution in [1.29, 1.82) is 0 Å². The van der Waals surface area contributed by atoms with Crippen LogP contribution in [0, 0.1) is 0 Å². The van der Waals surface area contributed by atoms with Crippen LogP contribution in [0.1, 0.15) is 115 Å². The lowest BCUT2D eigenvalue weighted by Crippen LogP contribution is -2.87. The fourth-order valence-corrected chi connectivity index (χ4v) is 7.83. The number of phenols is 1. The summed E-state index contributed by atoms with van der Waals surface area (Å²) < 4.78 is 95.3. The third-order valence-electron chi connectivity index (χ3n) is 9.11. The molecule has 0 amide bonds. The van der Waals surface area contributed by atoms with Crippen LogP contribution in [0.5, 0.6) is 5.75 Å². The monoisotopic (exact) mass is 837 g/mol. The fraction of sp³-hybridized carbons (Fsp3) is 0.860. The molecular weight excluding hydrogens is 756 g/mol. The zero-order chi connectivity index (χ0) is 43.8. The normalized spacial score (nSPS) is 14.0. The van der Waals surface area contributed by atoms with E-state index >= 15 is 0 Å². The second-order valence-corrected chi connectivity index (χ2v) is 12.4. The van der Waals surface area contributed by atoms with E-state index in [1.807, 2.05) is 55.4 Å². The van der Waals surface area contributed by atoms with Gasteiger partial charge in [-0.3, -0.25) is 0 Å². The molecular formula is C43H80O15. The Labute approximate surface area is 349 Å². The number of para-hydroxylation sites is 1. The standard InChI is InChI=1S/C43H80O15/c1-15-45-37(33-34-38(46-16-2,47-17-3)48-18-4)40(51-21-7,52-22-8)42(55-25-11,56-26-12)43(57-27-13,58-28-14)41(53-23-9,54-24-10)39(49-19-5,50-20-6)35-31-29-30-32-36(35)44/h29-32,37,44H,15-28,33-34H2,1-14H3. The number of hydrogen-bond acceptors (Lipinski definition) is 15. The van der Waals surface area contributed by atoms with Gasteiger partial charge in [0.2, 0.25) is 0 Å². The number of ether oxygens (including phenoxy) is 14. The van der Waals surface area contributed by atoms with E-state index in [2.05, 4.69) is 0 Å². The summed E-state index contributed by atoms with van der Waals surface area (Å²) in [7, 11) is 0. The van der Waals surface area contributed by atoms with Crippen LogP contribution in [0.2, 0.25) is 0 Å². The van der Waals surface area contributed by atoms with Crippen molar-refractivity contribution in [3.05, 3.63) is 29.8 Å². The summed E-state index contributed by atoms with van der Waals surface area (Å²) in [6.45, 7) is 26.9. The van der Waals surface area contributed by atoms with Gasteiger partial charge in [0, 0.05) is 98.9 Å². The molecule has 1 aromatic rings. The molecule has 15 nitrogen and oxygen atoms in total. The Morgan fingerprint density at radius 2 is 0.776 bits per heavy atom. The van der Waals surface area contributed by atoms with Gasteiger partial charge in [0.15, 0.2) is 0 Å². The van der Waals surface area contributed by atoms with E-state index in [4.69, 9.17) is 66.3 Å². The molecule has 1 aromatic carbocycles. The van der Waals surface area contributed by atoms with Gasteiger partial charge in [-0.05, 0) is 115 Å². The van der Waals surface area contributed by atoms with E-state index in [0.717, 1.165) is 0 Å². The first-order valence-electron chi connectivity index (χ1n) is 21.7. The van der Waals surface area contributed by atoms with E-state index in [1.165, 1.54) is 6.07 Å². The third kappa shape index (κ3) is 11.1. The van der Waals surface area contributed by atoms with Gasteiger partial charge in [-0.15, -0.1) is 0 Å². The quantitative estimate of drug-likeness (QED) is 0.0654. The van der Waals surface area contributed by atoms with E-state index in [1.54, 1.807) is 59.7 Å². The number of phenolic OH excluding ortho intramolecular Hbond substituents is 1. The minimum Gasteiger partial charge on any atom is -0.507 e. The molecule has 0 spiro atoms. The molecule has 0 aliphatic heterocycles. The van der Waals surface area contributed by atoms with Gasteiger partial charge in [0.25, 0.3) is 34.9 Å². The first kappa shape index (κ1) is 54.5. The Morgan fingerprint density at radius 3 is 1.14 bits per heavy atom. The average molecular weight is 837 g/mol. The average Bonchev–Trinajstić information content (AvgIpc) is 3.19. The number of benzene rings is 1. The van der Waals surface area contributed by atoms with Crippen LogP contribution in [0.15, 0.2) is 24.3 Å². The third-order valence-corrected chi connectivity index (χ3v) is 9.11. The second-order valence-electron chi connectivity index (χ2n) is 12.4. The van der Waals surface area contributed by atoms with Gasteiger partial charge in [0.1, 0.15) is 11.9 Å². The van der Waals surface area contributed by atoms with Crippen molar-refractivity contribution in [2.45, 2.75) is 151 Å². The van der Waals surface area contributed by atoms with Crippen molar-refractivity contribution in [2.75, 3.05) is 92.5 Å². The first-order chi connectivity index (χ1) is 28.0. The first-order valence-corrected chi connectivity index (χ1v) is 21.7. The Balaban J connectivity index is 5.03. The highest BCUT2D eigenvalue weighted by atomic mass is 16.9. The highest BCUT2D eigenvalue weighted by Gasteiger charge is 2.86. The van der Waals surface area contributed by atoms with Crippen LogP contribution in [0.25, 0.3) is 0 Å². The van der Waals surface area contributed by atoms with Crippen LogP contribution >= 0.6 is 0 Å².